The summed E-state index contributed by atoms with van der Waals surface area (Å²) in [7, 11) is 0. The molecular weight excluding hydrogens is 246 g/mol. The fourth-order valence-corrected chi connectivity index (χ4v) is 3.14. The Morgan fingerprint density at radius 3 is 2.72 bits per heavy atom. The summed E-state index contributed by atoms with van der Waals surface area (Å²) in [5, 5.41) is 12.1. The van der Waals surface area contributed by atoms with Crippen molar-refractivity contribution in [1.82, 2.24) is 4.98 Å². The minimum Gasteiger partial charge on any atom is -0.481 e. The molecule has 1 N–H and O–H groups in total. The molecule has 0 saturated heterocycles. The van der Waals surface area contributed by atoms with Crippen molar-refractivity contribution in [2.75, 3.05) is 0 Å². The Bertz CT molecular complexity index is 614. The number of aryl methyl sites for hydroxylation is 1. The molecule has 1 saturated carbocycles. The summed E-state index contributed by atoms with van der Waals surface area (Å²) >= 11 is 1.53. The molecule has 3 rings (SSSR count). The lowest BCUT2D eigenvalue weighted by molar-refractivity contribution is -0.140. The van der Waals surface area contributed by atoms with E-state index in [4.69, 9.17) is 0 Å². The highest BCUT2D eigenvalue weighted by molar-refractivity contribution is 7.13. The molecule has 0 aliphatic heterocycles. The minimum atomic E-state index is -0.746. The number of thiazole rings is 1. The lowest BCUT2D eigenvalue weighted by atomic mass is 10.0. The number of nitrogens with zero attached hydrogens (tertiary/aromatic N) is 1. The van der Waals surface area contributed by atoms with Crippen LogP contribution in [0.3, 0.4) is 0 Å². The van der Waals surface area contributed by atoms with Crippen molar-refractivity contribution in [2.24, 2.45) is 0 Å². The topological polar surface area (TPSA) is 50.2 Å². The molecule has 1 aliphatic rings. The van der Waals surface area contributed by atoms with Crippen LogP contribution in [-0.4, -0.2) is 16.1 Å². The van der Waals surface area contributed by atoms with Crippen LogP contribution in [0.25, 0.3) is 10.6 Å². The second kappa shape index (κ2) is 3.92. The number of hydrogen-bond donors (Lipinski definition) is 1. The second-order valence-electron chi connectivity index (χ2n) is 4.74. The highest BCUT2D eigenvalue weighted by Gasteiger charge is 2.53. The molecule has 0 radical (unpaired) electrons. The van der Waals surface area contributed by atoms with Crippen LogP contribution in [0.1, 0.15) is 24.1 Å². The number of carbonyl (C=O) groups is 1. The quantitative estimate of drug-likeness (QED) is 0.920. The normalized spacial score (nSPS) is 16.5. The molecule has 0 spiro atoms. The summed E-state index contributed by atoms with van der Waals surface area (Å²) in [5.74, 6) is -0.746. The van der Waals surface area contributed by atoms with Gasteiger partial charge in [-0.15, -0.1) is 11.3 Å². The van der Waals surface area contributed by atoms with E-state index >= 15 is 0 Å². The molecular formula is C14H13NO2S. The first-order chi connectivity index (χ1) is 8.63. The maximum absolute atomic E-state index is 11.3. The molecule has 0 unspecified atom stereocenters. The number of rotatable bonds is 3. The number of carboxylic acids is 1. The van der Waals surface area contributed by atoms with Crippen LogP contribution < -0.4 is 0 Å². The summed E-state index contributed by atoms with van der Waals surface area (Å²) < 4.78 is 0. The van der Waals surface area contributed by atoms with Crippen molar-refractivity contribution in [3.63, 3.8) is 0 Å². The summed E-state index contributed by atoms with van der Waals surface area (Å²) in [4.78, 5) is 15.8. The fourth-order valence-electron chi connectivity index (χ4n) is 2.13. The van der Waals surface area contributed by atoms with Gasteiger partial charge >= 0.3 is 5.97 Å². The molecule has 1 aromatic carbocycles. The van der Waals surface area contributed by atoms with Crippen molar-refractivity contribution < 1.29 is 9.90 Å². The average Bonchev–Trinajstić information content (AvgIpc) is 3.03. The monoisotopic (exact) mass is 259 g/mol. The lowest BCUT2D eigenvalue weighted by Gasteiger charge is -2.05. The molecule has 1 fully saturated rings. The fraction of sp³-hybridized carbons (Fsp3) is 0.286. The van der Waals surface area contributed by atoms with Gasteiger partial charge in [0.15, 0.2) is 0 Å². The van der Waals surface area contributed by atoms with Crippen LogP contribution in [0, 0.1) is 6.92 Å². The van der Waals surface area contributed by atoms with Crippen LogP contribution in [0.4, 0.5) is 0 Å². The zero-order valence-electron chi connectivity index (χ0n) is 10.0. The molecule has 1 aliphatic carbocycles. The first kappa shape index (κ1) is 11.4. The average molecular weight is 259 g/mol. The van der Waals surface area contributed by atoms with E-state index in [2.05, 4.69) is 4.98 Å². The highest BCUT2D eigenvalue weighted by atomic mass is 32.1. The Kier molecular flexibility index (Phi) is 2.48. The van der Waals surface area contributed by atoms with E-state index < -0.39 is 11.4 Å². The van der Waals surface area contributed by atoms with Gasteiger partial charge in [-0.25, -0.2) is 4.98 Å². The number of carboxylic acid groups (broad SMARTS) is 1. The summed E-state index contributed by atoms with van der Waals surface area (Å²) in [6.45, 7) is 2.04. The number of hydrogen-bond acceptors (Lipinski definition) is 3. The largest absolute Gasteiger partial charge is 0.481 e. The van der Waals surface area contributed by atoms with Crippen molar-refractivity contribution in [2.45, 2.75) is 25.2 Å². The van der Waals surface area contributed by atoms with Gasteiger partial charge in [-0.2, -0.15) is 0 Å². The van der Waals surface area contributed by atoms with Gasteiger partial charge in [0.05, 0.1) is 5.69 Å². The van der Waals surface area contributed by atoms with Crippen molar-refractivity contribution in [3.05, 3.63) is 40.9 Å². The Morgan fingerprint density at radius 1 is 1.39 bits per heavy atom. The number of aliphatic carboxylic acids is 1. The maximum atomic E-state index is 11.3. The van der Waals surface area contributed by atoms with Crippen LogP contribution in [0.2, 0.25) is 0 Å². The van der Waals surface area contributed by atoms with Crippen LogP contribution in [-0.2, 0) is 10.2 Å². The third-order valence-corrected chi connectivity index (χ3v) is 4.40. The van der Waals surface area contributed by atoms with Crippen LogP contribution in [0.15, 0.2) is 29.6 Å². The molecule has 1 aromatic heterocycles. The zero-order chi connectivity index (χ0) is 12.8. The van der Waals surface area contributed by atoms with Gasteiger partial charge in [0.2, 0.25) is 0 Å². The van der Waals surface area contributed by atoms with Gasteiger partial charge in [0, 0.05) is 10.9 Å². The molecule has 0 amide bonds. The molecule has 0 bridgehead atoms. The van der Waals surface area contributed by atoms with Gasteiger partial charge in [-0.05, 0) is 25.3 Å². The van der Waals surface area contributed by atoms with E-state index in [9.17, 15) is 9.90 Å². The van der Waals surface area contributed by atoms with E-state index in [1.165, 1.54) is 16.9 Å². The van der Waals surface area contributed by atoms with E-state index in [0.717, 1.165) is 16.3 Å². The lowest BCUT2D eigenvalue weighted by Crippen LogP contribution is -2.19. The van der Waals surface area contributed by atoms with Crippen molar-refractivity contribution in [3.8, 4) is 10.6 Å². The Labute approximate surface area is 109 Å². The van der Waals surface area contributed by atoms with E-state index in [1.807, 2.05) is 36.6 Å². The van der Waals surface area contributed by atoms with E-state index in [0.29, 0.717) is 12.8 Å². The smallest absolute Gasteiger partial charge is 0.315 e. The van der Waals surface area contributed by atoms with Gasteiger partial charge in [0.1, 0.15) is 10.4 Å². The second-order valence-corrected chi connectivity index (χ2v) is 5.60. The van der Waals surface area contributed by atoms with Crippen LogP contribution >= 0.6 is 11.3 Å². The van der Waals surface area contributed by atoms with Gasteiger partial charge in [0.25, 0.3) is 0 Å². The number of benzene rings is 1. The van der Waals surface area contributed by atoms with Crippen molar-refractivity contribution in [1.29, 1.82) is 0 Å². The summed E-state index contributed by atoms with van der Waals surface area (Å²) in [5.41, 5.74) is 2.28. The predicted octanol–water partition coefficient (Wildman–Crippen LogP) is 3.23. The summed E-state index contributed by atoms with van der Waals surface area (Å²) in [6.07, 6.45) is 1.42. The summed E-state index contributed by atoms with van der Waals surface area (Å²) in [6, 6.07) is 8.04. The Balaban J connectivity index is 2.01. The highest BCUT2D eigenvalue weighted by Crippen LogP contribution is 2.49. The Morgan fingerprint density at radius 2 is 2.11 bits per heavy atom. The molecule has 3 nitrogen and oxygen atoms in total. The molecule has 18 heavy (non-hydrogen) atoms. The Hall–Kier alpha value is -1.68. The standard InChI is InChI=1S/C14H13NO2S/c1-9-4-2-3-5-10(9)12-15-11(8-18-12)14(6-7-14)13(16)17/h2-5,8H,6-7H2,1H3,(H,16,17). The predicted molar refractivity (Wildman–Crippen MR) is 70.8 cm³/mol. The zero-order valence-corrected chi connectivity index (χ0v) is 10.8. The third-order valence-electron chi connectivity index (χ3n) is 3.53. The third kappa shape index (κ3) is 1.64. The molecule has 1 heterocycles. The number of aromatic nitrogens is 1. The van der Waals surface area contributed by atoms with Crippen LogP contribution in [0.5, 0.6) is 0 Å². The van der Waals surface area contributed by atoms with Gasteiger partial charge in [-0.3, -0.25) is 4.79 Å². The van der Waals surface area contributed by atoms with Gasteiger partial charge in [-0.1, -0.05) is 24.3 Å². The first-order valence-electron chi connectivity index (χ1n) is 5.89. The maximum Gasteiger partial charge on any atom is 0.315 e. The first-order valence-corrected chi connectivity index (χ1v) is 6.77. The molecule has 2 aromatic rings. The minimum absolute atomic E-state index is 0.697. The molecule has 4 heteroatoms. The van der Waals surface area contributed by atoms with Crippen molar-refractivity contribution >= 4 is 17.3 Å². The SMILES string of the molecule is Cc1ccccc1-c1nc(C2(C(=O)O)CC2)cs1. The van der Waals surface area contributed by atoms with E-state index in [1.54, 1.807) is 0 Å². The molecule has 0 atom stereocenters. The van der Waals surface area contributed by atoms with E-state index in [-0.39, 0.29) is 0 Å². The molecule has 92 valence electrons. The van der Waals surface area contributed by atoms with Gasteiger partial charge < -0.3 is 5.11 Å².